The Hall–Kier alpha value is -0.630. The van der Waals surface area contributed by atoms with Crippen molar-refractivity contribution in [2.24, 2.45) is 0 Å². The van der Waals surface area contributed by atoms with Gasteiger partial charge in [0.2, 0.25) is 0 Å². The van der Waals surface area contributed by atoms with Crippen LogP contribution in [0.4, 0.5) is 0 Å². The van der Waals surface area contributed by atoms with E-state index < -0.39 is 0 Å². The monoisotopic (exact) mass is 169 g/mol. The number of nitrogens with one attached hydrogen (secondary N) is 1. The van der Waals surface area contributed by atoms with E-state index in [1.807, 2.05) is 0 Å². The summed E-state index contributed by atoms with van der Waals surface area (Å²) in [6.07, 6.45) is 3.88. The maximum Gasteiger partial charge on any atom is 0.134 e. The van der Waals surface area contributed by atoms with Gasteiger partial charge in [-0.25, -0.2) is 0 Å². The van der Waals surface area contributed by atoms with Gasteiger partial charge in [0.15, 0.2) is 0 Å². The lowest BCUT2D eigenvalue weighted by Crippen LogP contribution is -2.25. The molecule has 0 aliphatic rings. The fraction of sp³-hybridized carbons (Fsp3) is 0.700. The van der Waals surface area contributed by atoms with Crippen molar-refractivity contribution in [1.29, 1.82) is 0 Å². The summed E-state index contributed by atoms with van der Waals surface area (Å²) in [5, 5.41) is 3.21. The molecule has 0 heterocycles. The van der Waals surface area contributed by atoms with Gasteiger partial charge in [0, 0.05) is 25.4 Å². The highest BCUT2D eigenvalue weighted by Gasteiger charge is 2.00. The number of allylic oxidation sites excluding steroid dienone is 1. The Labute approximate surface area is 75.0 Å². The molecule has 12 heavy (non-hydrogen) atoms. The molecule has 0 amide bonds. The molecular formula is C10H19NO. The molecule has 0 aromatic heterocycles. The van der Waals surface area contributed by atoms with Crippen LogP contribution >= 0.6 is 0 Å². The highest BCUT2D eigenvalue weighted by molar-refractivity contribution is 5.78. The second-order valence-electron chi connectivity index (χ2n) is 3.22. The lowest BCUT2D eigenvalue weighted by Gasteiger charge is -2.06. The van der Waals surface area contributed by atoms with E-state index >= 15 is 0 Å². The van der Waals surface area contributed by atoms with Crippen LogP contribution in [0, 0.1) is 0 Å². The van der Waals surface area contributed by atoms with Crippen LogP contribution in [0.2, 0.25) is 0 Å². The molecule has 1 N–H and O–H groups in total. The third-order valence-corrected chi connectivity index (χ3v) is 1.58. The van der Waals surface area contributed by atoms with Crippen molar-refractivity contribution in [2.75, 3.05) is 6.54 Å². The van der Waals surface area contributed by atoms with Crippen molar-refractivity contribution in [3.05, 3.63) is 12.7 Å². The molecule has 2 heteroatoms. The smallest absolute Gasteiger partial charge is 0.134 e. The molecule has 0 spiro atoms. The maximum absolute atomic E-state index is 11.1. The van der Waals surface area contributed by atoms with E-state index in [0.717, 1.165) is 13.0 Å². The summed E-state index contributed by atoms with van der Waals surface area (Å²) in [4.78, 5) is 11.1. The standard InChI is InChI=1S/C10H19NO/c1-4-5-6-10(12)7-8-11-9(2)3/h4,9,11H,1,5-8H2,2-3H3. The minimum absolute atomic E-state index is 0.322. The van der Waals surface area contributed by atoms with Crippen molar-refractivity contribution < 1.29 is 4.79 Å². The Morgan fingerprint density at radius 1 is 1.50 bits per heavy atom. The van der Waals surface area contributed by atoms with Gasteiger partial charge in [-0.15, -0.1) is 6.58 Å². The van der Waals surface area contributed by atoms with E-state index in [1.165, 1.54) is 0 Å². The highest BCUT2D eigenvalue weighted by atomic mass is 16.1. The largest absolute Gasteiger partial charge is 0.314 e. The summed E-state index contributed by atoms with van der Waals surface area (Å²) < 4.78 is 0. The SMILES string of the molecule is C=CCCC(=O)CCNC(C)C. The average molecular weight is 169 g/mol. The second kappa shape index (κ2) is 7.04. The summed E-state index contributed by atoms with van der Waals surface area (Å²) in [6.45, 7) is 8.53. The molecule has 0 saturated carbocycles. The van der Waals surface area contributed by atoms with Gasteiger partial charge in [-0.1, -0.05) is 19.9 Å². The molecule has 70 valence electrons. The molecule has 0 aliphatic carbocycles. The van der Waals surface area contributed by atoms with Gasteiger partial charge in [-0.05, 0) is 6.42 Å². The van der Waals surface area contributed by atoms with E-state index in [2.05, 4.69) is 25.7 Å². The van der Waals surface area contributed by atoms with Crippen molar-refractivity contribution in [1.82, 2.24) is 5.32 Å². The van der Waals surface area contributed by atoms with E-state index in [-0.39, 0.29) is 0 Å². The van der Waals surface area contributed by atoms with Gasteiger partial charge >= 0.3 is 0 Å². The van der Waals surface area contributed by atoms with E-state index in [4.69, 9.17) is 0 Å². The number of hydrogen-bond donors (Lipinski definition) is 1. The Bertz CT molecular complexity index is 141. The van der Waals surface area contributed by atoms with Crippen LogP contribution in [-0.2, 0) is 4.79 Å². The number of rotatable bonds is 7. The van der Waals surface area contributed by atoms with Gasteiger partial charge in [-0.2, -0.15) is 0 Å². The van der Waals surface area contributed by atoms with Gasteiger partial charge < -0.3 is 5.32 Å². The molecule has 0 radical (unpaired) electrons. The third-order valence-electron chi connectivity index (χ3n) is 1.58. The van der Waals surface area contributed by atoms with Crippen LogP contribution in [0.1, 0.15) is 33.1 Å². The predicted molar refractivity (Wildman–Crippen MR) is 52.2 cm³/mol. The van der Waals surface area contributed by atoms with Crippen LogP contribution in [0.5, 0.6) is 0 Å². The van der Waals surface area contributed by atoms with Crippen molar-refractivity contribution >= 4 is 5.78 Å². The Kier molecular flexibility index (Phi) is 6.67. The quantitative estimate of drug-likeness (QED) is 0.590. The highest BCUT2D eigenvalue weighted by Crippen LogP contribution is 1.94. The van der Waals surface area contributed by atoms with Crippen LogP contribution in [-0.4, -0.2) is 18.4 Å². The Balaban J connectivity index is 3.25. The van der Waals surface area contributed by atoms with E-state index in [0.29, 0.717) is 24.7 Å². The molecule has 2 nitrogen and oxygen atoms in total. The summed E-state index contributed by atoms with van der Waals surface area (Å²) in [7, 11) is 0. The van der Waals surface area contributed by atoms with E-state index in [1.54, 1.807) is 6.08 Å². The van der Waals surface area contributed by atoms with Crippen molar-refractivity contribution in [2.45, 2.75) is 39.2 Å². The predicted octanol–water partition coefficient (Wildman–Crippen LogP) is 1.91. The zero-order chi connectivity index (χ0) is 9.40. The van der Waals surface area contributed by atoms with E-state index in [9.17, 15) is 4.79 Å². The second-order valence-corrected chi connectivity index (χ2v) is 3.22. The summed E-state index contributed by atoms with van der Waals surface area (Å²) in [5.74, 6) is 0.322. The molecular weight excluding hydrogens is 150 g/mol. The molecule has 0 aromatic carbocycles. The lowest BCUT2D eigenvalue weighted by atomic mass is 10.1. The minimum atomic E-state index is 0.322. The third kappa shape index (κ3) is 7.48. The maximum atomic E-state index is 11.1. The first kappa shape index (κ1) is 11.4. The zero-order valence-corrected chi connectivity index (χ0v) is 8.10. The first-order valence-corrected chi connectivity index (χ1v) is 4.52. The fourth-order valence-corrected chi connectivity index (χ4v) is 0.888. The average Bonchev–Trinajstić information content (AvgIpc) is 2.00. The van der Waals surface area contributed by atoms with Crippen LogP contribution < -0.4 is 5.32 Å². The number of carbonyl (C=O) groups excluding carboxylic acids is 1. The molecule has 0 rings (SSSR count). The molecule has 0 aromatic rings. The zero-order valence-electron chi connectivity index (χ0n) is 8.10. The topological polar surface area (TPSA) is 29.1 Å². The number of Topliss-reactive ketones (excluding diaryl/α,β-unsaturated/α-hetero) is 1. The molecule has 0 atom stereocenters. The fourth-order valence-electron chi connectivity index (χ4n) is 0.888. The minimum Gasteiger partial charge on any atom is -0.314 e. The van der Waals surface area contributed by atoms with Crippen LogP contribution in [0.25, 0.3) is 0 Å². The number of ketones is 1. The first-order valence-electron chi connectivity index (χ1n) is 4.52. The number of hydrogen-bond acceptors (Lipinski definition) is 2. The van der Waals surface area contributed by atoms with Crippen molar-refractivity contribution in [3.63, 3.8) is 0 Å². The van der Waals surface area contributed by atoms with Gasteiger partial charge in [0.25, 0.3) is 0 Å². The normalized spacial score (nSPS) is 10.2. The first-order chi connectivity index (χ1) is 5.66. The van der Waals surface area contributed by atoms with Gasteiger partial charge in [0.1, 0.15) is 5.78 Å². The summed E-state index contributed by atoms with van der Waals surface area (Å²) >= 11 is 0. The van der Waals surface area contributed by atoms with Crippen LogP contribution in [0.15, 0.2) is 12.7 Å². The lowest BCUT2D eigenvalue weighted by molar-refractivity contribution is -0.118. The van der Waals surface area contributed by atoms with Gasteiger partial charge in [0.05, 0.1) is 0 Å². The number of carbonyl (C=O) groups is 1. The molecule has 0 unspecified atom stereocenters. The Morgan fingerprint density at radius 2 is 2.17 bits per heavy atom. The van der Waals surface area contributed by atoms with Crippen molar-refractivity contribution in [3.8, 4) is 0 Å². The summed E-state index contributed by atoms with van der Waals surface area (Å²) in [5.41, 5.74) is 0. The Morgan fingerprint density at radius 3 is 2.67 bits per heavy atom. The van der Waals surface area contributed by atoms with Crippen LogP contribution in [0.3, 0.4) is 0 Å². The summed E-state index contributed by atoms with van der Waals surface area (Å²) in [6, 6.07) is 0.470. The molecule has 0 fully saturated rings. The molecule has 0 saturated heterocycles. The van der Waals surface area contributed by atoms with Gasteiger partial charge in [-0.3, -0.25) is 4.79 Å². The molecule has 0 aliphatic heterocycles. The molecule has 0 bridgehead atoms.